The van der Waals surface area contributed by atoms with Gasteiger partial charge in [0.25, 0.3) is 0 Å². The molecule has 0 bridgehead atoms. The molecule has 1 radical (unpaired) electrons. The molecule has 0 saturated carbocycles. The summed E-state index contributed by atoms with van der Waals surface area (Å²) in [6.45, 7) is 3.51. The topological polar surface area (TPSA) is 38.4 Å². The number of rotatable bonds is 3. The second kappa shape index (κ2) is 4.05. The Morgan fingerprint density at radius 2 is 2.14 bits per heavy atom. The minimum absolute atomic E-state index is 0.0777. The summed E-state index contributed by atoms with van der Waals surface area (Å²) in [7, 11) is 0. The molecule has 7 heavy (non-hydrogen) atoms. The van der Waals surface area contributed by atoms with Crippen molar-refractivity contribution in [2.24, 2.45) is 0 Å². The Morgan fingerprint density at radius 3 is 2.29 bits per heavy atom. The molecule has 0 aromatic heterocycles. The average molecular weight is 105 g/mol. The van der Waals surface area contributed by atoms with Gasteiger partial charge in [-0.1, -0.05) is 0 Å². The fourth-order valence-electron chi connectivity index (χ4n) is 0.164. The molecule has 0 unspecified atom stereocenters. The van der Waals surface area contributed by atoms with Gasteiger partial charge < -0.3 is 4.74 Å². The molecule has 0 aliphatic heterocycles. The molecular weight excluding hydrogens is 96.0 g/mol. The predicted molar refractivity (Wildman–Crippen MR) is 22.9 cm³/mol. The minimum Gasteiger partial charge on any atom is -0.349 e. The van der Waals surface area contributed by atoms with Crippen LogP contribution in [0.25, 0.3) is 0 Å². The van der Waals surface area contributed by atoms with E-state index in [1.54, 1.807) is 0 Å². The Morgan fingerprint density at radius 1 is 1.57 bits per heavy atom. The van der Waals surface area contributed by atoms with E-state index in [1.165, 1.54) is 0 Å². The normalized spacial score (nSPS) is 10.3. The van der Waals surface area contributed by atoms with Gasteiger partial charge in [0.1, 0.15) is 0 Å². The highest BCUT2D eigenvalue weighted by molar-refractivity contribution is 4.28. The van der Waals surface area contributed by atoms with Crippen molar-refractivity contribution in [3.63, 3.8) is 0 Å². The molecule has 0 amide bonds. The van der Waals surface area contributed by atoms with Crippen LogP contribution in [-0.2, 0) is 14.9 Å². The predicted octanol–water partition coefficient (Wildman–Crippen LogP) is 0.731. The molecule has 0 aromatic rings. The van der Waals surface area contributed by atoms with Crippen molar-refractivity contribution in [3.05, 3.63) is 0 Å². The lowest BCUT2D eigenvalue weighted by Crippen LogP contribution is -2.04. The summed E-state index contributed by atoms with van der Waals surface area (Å²) in [4.78, 5) is 3.38. The lowest BCUT2D eigenvalue weighted by Gasteiger charge is -2.00. The van der Waals surface area contributed by atoms with Crippen LogP contribution >= 0.6 is 0 Å². The molecule has 3 heteroatoms. The van der Waals surface area contributed by atoms with Gasteiger partial charge >= 0.3 is 0 Å². The zero-order valence-corrected chi connectivity index (χ0v) is 4.51. The Bertz CT molecular complexity index is 35.9. The molecule has 0 saturated heterocycles. The SMILES string of the molecule is CC(C)OCO[O]. The van der Waals surface area contributed by atoms with Gasteiger partial charge in [0.2, 0.25) is 0 Å². The quantitative estimate of drug-likeness (QED) is 0.301. The van der Waals surface area contributed by atoms with Crippen molar-refractivity contribution in [2.75, 3.05) is 6.79 Å². The van der Waals surface area contributed by atoms with Crippen LogP contribution < -0.4 is 0 Å². The van der Waals surface area contributed by atoms with Crippen LogP contribution in [0.3, 0.4) is 0 Å². The van der Waals surface area contributed by atoms with E-state index in [1.807, 2.05) is 13.8 Å². The first-order chi connectivity index (χ1) is 3.27. The summed E-state index contributed by atoms with van der Waals surface area (Å²) in [6, 6.07) is 0. The summed E-state index contributed by atoms with van der Waals surface area (Å²) >= 11 is 0. The summed E-state index contributed by atoms with van der Waals surface area (Å²) in [5, 5.41) is 9.21. The third-order valence-corrected chi connectivity index (χ3v) is 0.449. The summed E-state index contributed by atoms with van der Waals surface area (Å²) < 4.78 is 4.66. The van der Waals surface area contributed by atoms with Gasteiger partial charge in [0, 0.05) is 0 Å². The van der Waals surface area contributed by atoms with Gasteiger partial charge in [0.05, 0.1) is 6.10 Å². The van der Waals surface area contributed by atoms with E-state index >= 15 is 0 Å². The molecule has 0 fully saturated rings. The smallest absolute Gasteiger partial charge is 0.184 e. The number of hydrogen-bond donors (Lipinski definition) is 0. The van der Waals surface area contributed by atoms with E-state index in [4.69, 9.17) is 0 Å². The van der Waals surface area contributed by atoms with E-state index in [9.17, 15) is 5.26 Å². The van der Waals surface area contributed by atoms with Crippen LogP contribution in [0, 0.1) is 0 Å². The number of ether oxygens (including phenoxy) is 1. The summed E-state index contributed by atoms with van der Waals surface area (Å²) in [5.74, 6) is 0. The van der Waals surface area contributed by atoms with Crippen LogP contribution in [-0.4, -0.2) is 12.9 Å². The Labute approximate surface area is 42.8 Å². The van der Waals surface area contributed by atoms with Crippen molar-refractivity contribution in [2.45, 2.75) is 20.0 Å². The van der Waals surface area contributed by atoms with E-state index < -0.39 is 0 Å². The van der Waals surface area contributed by atoms with Gasteiger partial charge in [0.15, 0.2) is 6.79 Å². The maximum Gasteiger partial charge on any atom is 0.184 e. The van der Waals surface area contributed by atoms with Crippen molar-refractivity contribution < 1.29 is 14.9 Å². The molecule has 0 rings (SSSR count). The van der Waals surface area contributed by atoms with E-state index in [0.717, 1.165) is 0 Å². The highest BCUT2D eigenvalue weighted by Gasteiger charge is 1.88. The average Bonchev–Trinajstić information content (AvgIpc) is 1.61. The van der Waals surface area contributed by atoms with E-state index in [-0.39, 0.29) is 12.9 Å². The van der Waals surface area contributed by atoms with Crippen LogP contribution in [0.1, 0.15) is 13.8 Å². The fraction of sp³-hybridized carbons (Fsp3) is 1.00. The lowest BCUT2D eigenvalue weighted by molar-refractivity contribution is -0.350. The molecule has 0 N–H and O–H groups in total. The molecule has 3 nitrogen and oxygen atoms in total. The number of hydrogen-bond acceptors (Lipinski definition) is 2. The lowest BCUT2D eigenvalue weighted by atomic mass is 10.5. The third-order valence-electron chi connectivity index (χ3n) is 0.449. The Hall–Kier alpha value is -0.120. The maximum absolute atomic E-state index is 9.21. The highest BCUT2D eigenvalue weighted by Crippen LogP contribution is 1.84. The first kappa shape index (κ1) is 6.88. The summed E-state index contributed by atoms with van der Waals surface area (Å²) in [5.41, 5.74) is 0. The van der Waals surface area contributed by atoms with Crippen LogP contribution in [0.4, 0.5) is 0 Å². The van der Waals surface area contributed by atoms with Crippen molar-refractivity contribution in [1.29, 1.82) is 0 Å². The van der Waals surface area contributed by atoms with Gasteiger partial charge in [-0.15, -0.1) is 0 Å². The zero-order valence-electron chi connectivity index (χ0n) is 4.51. The molecule has 0 atom stereocenters. The van der Waals surface area contributed by atoms with Crippen molar-refractivity contribution in [3.8, 4) is 0 Å². The third kappa shape index (κ3) is 5.88. The van der Waals surface area contributed by atoms with Gasteiger partial charge in [-0.25, -0.2) is 0 Å². The first-order valence-electron chi connectivity index (χ1n) is 2.13. The molecule has 0 aromatic carbocycles. The standard InChI is InChI=1S/C4H9O3/c1-4(2)6-3-7-5/h4H,3H2,1-2H3. The fourth-order valence-corrected chi connectivity index (χ4v) is 0.164. The minimum atomic E-state index is -0.155. The monoisotopic (exact) mass is 105 g/mol. The summed E-state index contributed by atoms with van der Waals surface area (Å²) in [6.07, 6.45) is 0.0777. The highest BCUT2D eigenvalue weighted by atomic mass is 17.1. The zero-order chi connectivity index (χ0) is 5.70. The molecular formula is C4H9O3. The van der Waals surface area contributed by atoms with Crippen LogP contribution in [0.15, 0.2) is 0 Å². The molecule has 0 heterocycles. The van der Waals surface area contributed by atoms with E-state index in [0.29, 0.717) is 0 Å². The maximum atomic E-state index is 9.21. The van der Waals surface area contributed by atoms with Crippen molar-refractivity contribution in [1.82, 2.24) is 0 Å². The van der Waals surface area contributed by atoms with Crippen molar-refractivity contribution >= 4 is 0 Å². The second-order valence-corrected chi connectivity index (χ2v) is 1.45. The second-order valence-electron chi connectivity index (χ2n) is 1.45. The van der Waals surface area contributed by atoms with Gasteiger partial charge in [-0.2, -0.15) is 4.89 Å². The van der Waals surface area contributed by atoms with Crippen LogP contribution in [0.2, 0.25) is 0 Å². The molecule has 0 spiro atoms. The largest absolute Gasteiger partial charge is 0.349 e. The van der Waals surface area contributed by atoms with Crippen LogP contribution in [0.5, 0.6) is 0 Å². The molecule has 0 aliphatic carbocycles. The first-order valence-corrected chi connectivity index (χ1v) is 2.13. The molecule has 43 valence electrons. The Balaban J connectivity index is 2.68. The van der Waals surface area contributed by atoms with Gasteiger partial charge in [-0.05, 0) is 19.1 Å². The Kier molecular flexibility index (Phi) is 3.98. The van der Waals surface area contributed by atoms with E-state index in [2.05, 4.69) is 9.62 Å². The van der Waals surface area contributed by atoms with Gasteiger partial charge in [-0.3, -0.25) is 0 Å². The molecule has 0 aliphatic rings.